The Kier molecular flexibility index (Phi) is 2.77. The molecular weight excluding hydrogens is 288 g/mol. The maximum absolute atomic E-state index is 5.77. The van der Waals surface area contributed by atoms with Crippen LogP contribution in [0.3, 0.4) is 0 Å². The van der Waals surface area contributed by atoms with E-state index in [0.29, 0.717) is 13.2 Å². The molecule has 0 saturated heterocycles. The van der Waals surface area contributed by atoms with Crippen LogP contribution in [0, 0.1) is 0 Å². The lowest BCUT2D eigenvalue weighted by molar-refractivity contribution is 0.337. The van der Waals surface area contributed by atoms with E-state index in [1.807, 2.05) is 0 Å². The summed E-state index contributed by atoms with van der Waals surface area (Å²) in [5, 5.41) is 2.49. The predicted octanol–water partition coefficient (Wildman–Crippen LogP) is 3.18. The third-order valence-corrected chi connectivity index (χ3v) is 4.59. The molecule has 4 nitrogen and oxygen atoms in total. The van der Waals surface area contributed by atoms with Gasteiger partial charge in [0, 0.05) is 5.57 Å². The third kappa shape index (κ3) is 1.91. The zero-order valence-electron chi connectivity index (χ0n) is 12.7. The lowest BCUT2D eigenvalue weighted by atomic mass is 9.82. The number of rotatable bonds is 2. The van der Waals surface area contributed by atoms with Crippen LogP contribution in [0.1, 0.15) is 17.0 Å². The van der Waals surface area contributed by atoms with Crippen molar-refractivity contribution in [3.05, 3.63) is 53.6 Å². The summed E-state index contributed by atoms with van der Waals surface area (Å²) < 4.78 is 11.5. The molecule has 1 atom stereocenters. The van der Waals surface area contributed by atoms with Crippen LogP contribution in [0.2, 0.25) is 0 Å². The quantitative estimate of drug-likeness (QED) is 0.855. The Morgan fingerprint density at radius 3 is 2.52 bits per heavy atom. The van der Waals surface area contributed by atoms with Crippen LogP contribution in [-0.4, -0.2) is 38.1 Å². The van der Waals surface area contributed by atoms with Crippen LogP contribution in [0.5, 0.6) is 0 Å². The maximum Gasteiger partial charge on any atom is 0.216 e. The topological polar surface area (TPSA) is 43.2 Å². The minimum Gasteiger partial charge on any atom is -0.478 e. The van der Waals surface area contributed by atoms with Crippen molar-refractivity contribution < 1.29 is 9.47 Å². The largest absolute Gasteiger partial charge is 0.478 e. The molecule has 0 amide bonds. The molecule has 0 saturated carbocycles. The van der Waals surface area contributed by atoms with Crippen molar-refractivity contribution in [2.24, 2.45) is 9.98 Å². The second-order valence-corrected chi connectivity index (χ2v) is 5.91. The smallest absolute Gasteiger partial charge is 0.216 e. The predicted molar refractivity (Wildman–Crippen MR) is 91.2 cm³/mol. The van der Waals surface area contributed by atoms with Gasteiger partial charge in [0.05, 0.1) is 19.0 Å². The van der Waals surface area contributed by atoms with Gasteiger partial charge in [0.1, 0.15) is 13.2 Å². The van der Waals surface area contributed by atoms with Crippen molar-refractivity contribution in [2.45, 2.75) is 5.92 Å². The lowest BCUT2D eigenvalue weighted by Crippen LogP contribution is -2.17. The molecule has 5 rings (SSSR count). The fraction of sp³-hybridized carbons (Fsp3) is 0.263. The Labute approximate surface area is 134 Å². The molecule has 4 heteroatoms. The normalized spacial score (nSPS) is 22.3. The molecule has 2 aromatic rings. The fourth-order valence-corrected chi connectivity index (χ4v) is 3.63. The highest BCUT2D eigenvalue weighted by molar-refractivity contribution is 6.25. The average molecular weight is 304 g/mol. The first kappa shape index (κ1) is 12.9. The van der Waals surface area contributed by atoms with Gasteiger partial charge in [-0.05, 0) is 21.9 Å². The van der Waals surface area contributed by atoms with Gasteiger partial charge in [-0.25, -0.2) is 4.99 Å². The van der Waals surface area contributed by atoms with Gasteiger partial charge in [-0.3, -0.25) is 4.99 Å². The number of nitrogens with zero attached hydrogens (tertiary/aromatic N) is 2. The molecule has 2 aliphatic heterocycles. The van der Waals surface area contributed by atoms with Gasteiger partial charge in [-0.2, -0.15) is 0 Å². The van der Waals surface area contributed by atoms with Crippen LogP contribution in [-0.2, 0) is 9.47 Å². The molecule has 0 radical (unpaired) electrons. The zero-order chi connectivity index (χ0) is 15.2. The molecule has 1 aliphatic carbocycles. The Balaban J connectivity index is 1.79. The summed E-state index contributed by atoms with van der Waals surface area (Å²) in [6.07, 6.45) is 2.20. The third-order valence-electron chi connectivity index (χ3n) is 4.59. The minimum absolute atomic E-state index is 0.0398. The van der Waals surface area contributed by atoms with Gasteiger partial charge >= 0.3 is 0 Å². The Bertz CT molecular complexity index is 890. The molecule has 3 aliphatic rings. The fourth-order valence-electron chi connectivity index (χ4n) is 3.63. The van der Waals surface area contributed by atoms with Crippen LogP contribution < -0.4 is 0 Å². The first-order chi connectivity index (χ1) is 11.4. The Hall–Kier alpha value is -2.62. The van der Waals surface area contributed by atoms with Crippen molar-refractivity contribution in [3.8, 4) is 0 Å². The van der Waals surface area contributed by atoms with E-state index >= 15 is 0 Å². The molecule has 0 aromatic heterocycles. The molecule has 114 valence electrons. The first-order valence-electron chi connectivity index (χ1n) is 8.00. The summed E-state index contributed by atoms with van der Waals surface area (Å²) in [4.78, 5) is 9.08. The van der Waals surface area contributed by atoms with Gasteiger partial charge in [-0.1, -0.05) is 42.5 Å². The van der Waals surface area contributed by atoms with E-state index in [1.54, 1.807) is 0 Å². The standard InChI is InChI=1S/C19H16N2O2/c1-3-12-4-2-6-14-16(19-21-8-10-23-19)11-15(13(5-1)17(12)14)18-20-7-9-22-18/h1-6,11,15H,7-10H2. The molecule has 0 bridgehead atoms. The molecular formula is C19H16N2O2. The van der Waals surface area contributed by atoms with E-state index in [4.69, 9.17) is 9.47 Å². The van der Waals surface area contributed by atoms with Gasteiger partial charge in [0.25, 0.3) is 0 Å². The monoisotopic (exact) mass is 304 g/mol. The highest BCUT2D eigenvalue weighted by atomic mass is 16.5. The van der Waals surface area contributed by atoms with Crippen molar-refractivity contribution in [1.29, 1.82) is 0 Å². The average Bonchev–Trinajstić information content (AvgIpc) is 3.30. The van der Waals surface area contributed by atoms with E-state index in [0.717, 1.165) is 30.5 Å². The molecule has 2 aromatic carbocycles. The van der Waals surface area contributed by atoms with E-state index in [2.05, 4.69) is 52.5 Å². The highest BCUT2D eigenvalue weighted by Crippen LogP contribution is 2.40. The number of benzene rings is 2. The van der Waals surface area contributed by atoms with Crippen LogP contribution >= 0.6 is 0 Å². The van der Waals surface area contributed by atoms with Gasteiger partial charge in [0.2, 0.25) is 5.90 Å². The van der Waals surface area contributed by atoms with Crippen LogP contribution in [0.25, 0.3) is 16.3 Å². The summed E-state index contributed by atoms with van der Waals surface area (Å²) >= 11 is 0. The van der Waals surface area contributed by atoms with E-state index in [-0.39, 0.29) is 5.92 Å². The second-order valence-electron chi connectivity index (χ2n) is 5.91. The van der Waals surface area contributed by atoms with E-state index in [9.17, 15) is 0 Å². The van der Waals surface area contributed by atoms with Crippen molar-refractivity contribution in [3.63, 3.8) is 0 Å². The summed E-state index contributed by atoms with van der Waals surface area (Å²) in [6, 6.07) is 12.8. The summed E-state index contributed by atoms with van der Waals surface area (Å²) in [7, 11) is 0. The number of hydrogen-bond donors (Lipinski definition) is 0. The highest BCUT2D eigenvalue weighted by Gasteiger charge is 2.31. The second kappa shape index (κ2) is 4.95. The molecule has 2 heterocycles. The number of aliphatic imine (C=N–C) groups is 2. The Morgan fingerprint density at radius 1 is 0.913 bits per heavy atom. The SMILES string of the molecule is C1=C(C2=NCCO2)c2cccc3cccc(c23)C1C1=NCCO1. The summed E-state index contributed by atoms with van der Waals surface area (Å²) in [5.41, 5.74) is 3.50. The molecule has 0 fully saturated rings. The van der Waals surface area contributed by atoms with Crippen molar-refractivity contribution in [2.75, 3.05) is 26.3 Å². The summed E-state index contributed by atoms with van der Waals surface area (Å²) in [5.74, 6) is 1.59. The van der Waals surface area contributed by atoms with E-state index in [1.165, 1.54) is 21.9 Å². The maximum atomic E-state index is 5.77. The minimum atomic E-state index is 0.0398. The molecule has 0 spiro atoms. The lowest BCUT2D eigenvalue weighted by Gasteiger charge is -2.24. The van der Waals surface area contributed by atoms with Crippen molar-refractivity contribution >= 4 is 28.1 Å². The molecule has 23 heavy (non-hydrogen) atoms. The molecule has 1 unspecified atom stereocenters. The van der Waals surface area contributed by atoms with Gasteiger partial charge < -0.3 is 9.47 Å². The summed E-state index contributed by atoms with van der Waals surface area (Å²) in [6.45, 7) is 2.80. The number of ether oxygens (including phenoxy) is 2. The zero-order valence-corrected chi connectivity index (χ0v) is 12.7. The van der Waals surface area contributed by atoms with Crippen LogP contribution in [0.4, 0.5) is 0 Å². The van der Waals surface area contributed by atoms with E-state index < -0.39 is 0 Å². The molecule has 0 N–H and O–H groups in total. The van der Waals surface area contributed by atoms with Crippen molar-refractivity contribution in [1.82, 2.24) is 0 Å². The van der Waals surface area contributed by atoms with Crippen LogP contribution in [0.15, 0.2) is 52.5 Å². The van der Waals surface area contributed by atoms with Gasteiger partial charge in [-0.15, -0.1) is 0 Å². The first-order valence-corrected chi connectivity index (χ1v) is 8.00. The Morgan fingerprint density at radius 2 is 1.74 bits per heavy atom. The van der Waals surface area contributed by atoms with Gasteiger partial charge in [0.15, 0.2) is 5.90 Å². The number of hydrogen-bond acceptors (Lipinski definition) is 4.